The van der Waals surface area contributed by atoms with Crippen LogP contribution in [-0.4, -0.2) is 31.8 Å². The van der Waals surface area contributed by atoms with Gasteiger partial charge in [0.25, 0.3) is 5.56 Å². The number of nitrogens with zero attached hydrogens (tertiary/aromatic N) is 4. The molecule has 0 amide bonds. The van der Waals surface area contributed by atoms with Crippen LogP contribution in [0.4, 0.5) is 11.5 Å². The topological polar surface area (TPSA) is 126 Å². The quantitative estimate of drug-likeness (QED) is 0.394. The summed E-state index contributed by atoms with van der Waals surface area (Å²) in [5, 5.41) is 18.6. The molecule has 1 atom stereocenters. The highest BCUT2D eigenvalue weighted by Gasteiger charge is 2.34. The lowest BCUT2D eigenvalue weighted by Crippen LogP contribution is -2.13. The van der Waals surface area contributed by atoms with Gasteiger partial charge >= 0.3 is 5.97 Å². The maximum atomic E-state index is 12.7. The molecule has 1 aliphatic carbocycles. The van der Waals surface area contributed by atoms with E-state index in [9.17, 15) is 14.9 Å². The number of nitrogens with one attached hydrogen (secondary N) is 2. The van der Waals surface area contributed by atoms with Crippen molar-refractivity contribution in [3.8, 4) is 6.07 Å². The maximum absolute atomic E-state index is 12.7. The first kappa shape index (κ1) is 21.6. The van der Waals surface area contributed by atoms with E-state index in [1.54, 1.807) is 32.2 Å². The summed E-state index contributed by atoms with van der Waals surface area (Å²) in [4.78, 5) is 32.0. The van der Waals surface area contributed by atoms with E-state index in [0.717, 1.165) is 23.9 Å². The van der Waals surface area contributed by atoms with Gasteiger partial charge in [0.1, 0.15) is 11.1 Å². The van der Waals surface area contributed by atoms with Gasteiger partial charge in [-0.1, -0.05) is 6.07 Å². The number of aromatic amines is 1. The number of nitriles is 1. The molecule has 2 N–H and O–H groups in total. The predicted octanol–water partition coefficient (Wildman–Crippen LogP) is 4.45. The lowest BCUT2D eigenvalue weighted by Gasteiger charge is -2.14. The molecule has 1 aromatic carbocycles. The predicted molar refractivity (Wildman–Crippen MR) is 128 cm³/mol. The monoisotopic (exact) mass is 456 g/mol. The second-order valence-corrected chi connectivity index (χ2v) is 8.81. The molecule has 3 heterocycles. The van der Waals surface area contributed by atoms with E-state index in [2.05, 4.69) is 21.4 Å². The molecule has 34 heavy (non-hydrogen) atoms. The number of hydrogen-bond donors (Lipinski definition) is 2. The largest absolute Gasteiger partial charge is 0.458 e. The van der Waals surface area contributed by atoms with Gasteiger partial charge < -0.3 is 15.0 Å². The van der Waals surface area contributed by atoms with Crippen molar-refractivity contribution >= 4 is 39.3 Å². The Morgan fingerprint density at radius 2 is 2.12 bits per heavy atom. The number of anilines is 2. The molecule has 9 nitrogen and oxygen atoms in total. The number of rotatable bonds is 7. The van der Waals surface area contributed by atoms with Gasteiger partial charge in [0.05, 0.1) is 35.7 Å². The average Bonchev–Trinajstić information content (AvgIpc) is 3.59. The summed E-state index contributed by atoms with van der Waals surface area (Å²) in [6, 6.07) is 13.0. The Kier molecular flexibility index (Phi) is 5.49. The van der Waals surface area contributed by atoms with E-state index < -0.39 is 5.97 Å². The minimum atomic E-state index is -0.460. The van der Waals surface area contributed by atoms with Crippen molar-refractivity contribution in [1.29, 1.82) is 5.26 Å². The van der Waals surface area contributed by atoms with Gasteiger partial charge in [-0.05, 0) is 62.9 Å². The van der Waals surface area contributed by atoms with Crippen molar-refractivity contribution in [1.82, 2.24) is 19.7 Å². The van der Waals surface area contributed by atoms with Gasteiger partial charge in [0, 0.05) is 17.3 Å². The third-order valence-corrected chi connectivity index (χ3v) is 5.91. The Bertz CT molecular complexity index is 1490. The lowest BCUT2D eigenvalue weighted by atomic mass is 10.1. The van der Waals surface area contributed by atoms with E-state index in [4.69, 9.17) is 9.84 Å². The Morgan fingerprint density at radius 3 is 2.85 bits per heavy atom. The van der Waals surface area contributed by atoms with Crippen molar-refractivity contribution in [3.63, 3.8) is 0 Å². The molecule has 0 saturated heterocycles. The smallest absolute Gasteiger partial charge is 0.357 e. The summed E-state index contributed by atoms with van der Waals surface area (Å²) < 4.78 is 7.05. The molecule has 1 aliphatic rings. The van der Waals surface area contributed by atoms with Crippen molar-refractivity contribution in [2.24, 2.45) is 5.92 Å². The first-order chi connectivity index (χ1) is 16.4. The van der Waals surface area contributed by atoms with E-state index in [-0.39, 0.29) is 23.4 Å². The van der Waals surface area contributed by atoms with E-state index in [1.807, 2.05) is 28.9 Å². The second kappa shape index (κ2) is 8.63. The number of benzene rings is 1. The number of carbonyl (C=O) groups excluding carboxylic acids is 1. The molecule has 0 radical (unpaired) electrons. The molecule has 4 aromatic rings. The SMILES string of the molecule is CC(C)OC(=O)c1ccc2cc(Nc3nn(C(CC#N)C4CC4)c4cc[nH]c(=O)c34)ccc2n1. The Labute approximate surface area is 195 Å². The number of pyridine rings is 2. The molecule has 9 heteroatoms. The van der Waals surface area contributed by atoms with Crippen LogP contribution in [0.5, 0.6) is 0 Å². The highest BCUT2D eigenvalue weighted by atomic mass is 16.5. The molecule has 3 aromatic heterocycles. The van der Waals surface area contributed by atoms with Crippen LogP contribution in [0.25, 0.3) is 21.8 Å². The summed E-state index contributed by atoms with van der Waals surface area (Å²) in [5.41, 5.74) is 2.09. The Morgan fingerprint density at radius 1 is 1.29 bits per heavy atom. The van der Waals surface area contributed by atoms with Gasteiger partial charge in [-0.25, -0.2) is 9.78 Å². The average molecular weight is 457 g/mol. The van der Waals surface area contributed by atoms with Gasteiger partial charge in [0.2, 0.25) is 0 Å². The van der Waals surface area contributed by atoms with Crippen LogP contribution in [0.3, 0.4) is 0 Å². The fraction of sp³-hybridized carbons (Fsp3) is 0.320. The Balaban J connectivity index is 1.50. The highest BCUT2D eigenvalue weighted by Crippen LogP contribution is 2.43. The first-order valence-electron chi connectivity index (χ1n) is 11.3. The van der Waals surface area contributed by atoms with E-state index >= 15 is 0 Å². The highest BCUT2D eigenvalue weighted by molar-refractivity contribution is 5.94. The van der Waals surface area contributed by atoms with E-state index in [0.29, 0.717) is 34.6 Å². The van der Waals surface area contributed by atoms with Crippen LogP contribution in [0.2, 0.25) is 0 Å². The summed E-state index contributed by atoms with van der Waals surface area (Å²) in [5.74, 6) is 0.376. The third-order valence-electron chi connectivity index (χ3n) is 5.91. The van der Waals surface area contributed by atoms with E-state index in [1.165, 1.54) is 0 Å². The fourth-order valence-electron chi connectivity index (χ4n) is 4.20. The number of fused-ring (bicyclic) bond motifs is 2. The number of ether oxygens (including phenoxy) is 1. The standard InChI is InChI=1S/C25H24N6O3/c1-14(2)34-25(33)19-7-5-16-13-17(6-8-18(16)29-19)28-23-22-21(10-12-27-24(22)32)31(30-23)20(9-11-26)15-3-4-15/h5-8,10,12-15,20H,3-4,9H2,1-2H3,(H,27,32)(H,28,30). The molecule has 5 rings (SSSR count). The summed E-state index contributed by atoms with van der Waals surface area (Å²) >= 11 is 0. The van der Waals surface area contributed by atoms with Gasteiger partial charge in [-0.15, -0.1) is 0 Å². The zero-order chi connectivity index (χ0) is 23.8. The summed E-state index contributed by atoms with van der Waals surface area (Å²) in [7, 11) is 0. The minimum Gasteiger partial charge on any atom is -0.458 e. The molecular weight excluding hydrogens is 432 g/mol. The van der Waals surface area contributed by atoms with Crippen LogP contribution in [-0.2, 0) is 4.74 Å². The van der Waals surface area contributed by atoms with Crippen molar-refractivity contribution in [2.45, 2.75) is 45.3 Å². The van der Waals surface area contributed by atoms with Gasteiger partial charge in [0.15, 0.2) is 5.82 Å². The van der Waals surface area contributed by atoms with Crippen LogP contribution in [0, 0.1) is 17.2 Å². The number of carbonyl (C=O) groups is 1. The lowest BCUT2D eigenvalue weighted by molar-refractivity contribution is 0.0371. The molecule has 1 fully saturated rings. The van der Waals surface area contributed by atoms with Gasteiger partial charge in [-0.2, -0.15) is 10.4 Å². The van der Waals surface area contributed by atoms with Crippen molar-refractivity contribution in [2.75, 3.05) is 5.32 Å². The van der Waals surface area contributed by atoms with Crippen LogP contribution in [0.15, 0.2) is 47.4 Å². The van der Waals surface area contributed by atoms with Gasteiger partial charge in [-0.3, -0.25) is 9.48 Å². The first-order valence-corrected chi connectivity index (χ1v) is 11.3. The minimum absolute atomic E-state index is 0.0605. The molecule has 0 aliphatic heterocycles. The molecule has 172 valence electrons. The molecule has 1 unspecified atom stereocenters. The maximum Gasteiger partial charge on any atom is 0.357 e. The molecular formula is C25H24N6O3. The molecule has 0 bridgehead atoms. The number of H-pyrrole nitrogens is 1. The zero-order valence-corrected chi connectivity index (χ0v) is 18.9. The molecule has 0 spiro atoms. The van der Waals surface area contributed by atoms with Crippen LogP contribution in [0.1, 0.15) is 49.6 Å². The summed E-state index contributed by atoms with van der Waals surface area (Å²) in [6.45, 7) is 3.58. The fourth-order valence-corrected chi connectivity index (χ4v) is 4.20. The van der Waals surface area contributed by atoms with Crippen LogP contribution >= 0.6 is 0 Å². The second-order valence-electron chi connectivity index (χ2n) is 8.81. The normalized spacial score (nSPS) is 14.3. The van der Waals surface area contributed by atoms with Crippen LogP contribution < -0.4 is 10.9 Å². The number of hydrogen-bond acceptors (Lipinski definition) is 7. The molecule has 1 saturated carbocycles. The van der Waals surface area contributed by atoms with Crippen molar-refractivity contribution < 1.29 is 9.53 Å². The number of esters is 1. The third kappa shape index (κ3) is 4.10. The van der Waals surface area contributed by atoms with Crippen molar-refractivity contribution in [3.05, 3.63) is 58.6 Å². The number of aromatic nitrogens is 4. The Hall–Kier alpha value is -4.19. The zero-order valence-electron chi connectivity index (χ0n) is 18.9. The summed E-state index contributed by atoms with van der Waals surface area (Å²) in [6.07, 6.45) is 3.85.